The van der Waals surface area contributed by atoms with E-state index in [4.69, 9.17) is 16.3 Å². The number of aliphatic carboxylic acids is 1. The summed E-state index contributed by atoms with van der Waals surface area (Å²) >= 11 is 6.16. The van der Waals surface area contributed by atoms with Crippen molar-refractivity contribution in [3.8, 4) is 5.75 Å². The molecule has 2 atom stereocenters. The SMILES string of the molecule is C[C@@H]1C(C(F)(F)F)=NN(c2ccc(OC3CCN(c4ccc(F)cc4Cl)CC3)cc2)[C@H]1CC(=O)O. The number of carbonyl (C=O) groups is 1. The highest BCUT2D eigenvalue weighted by Crippen LogP contribution is 2.37. The van der Waals surface area contributed by atoms with Crippen LogP contribution in [-0.2, 0) is 4.79 Å². The molecule has 6 nitrogen and oxygen atoms in total. The van der Waals surface area contributed by atoms with Crippen LogP contribution in [-0.4, -0.2) is 48.2 Å². The summed E-state index contributed by atoms with van der Waals surface area (Å²) in [5.41, 5.74) is 0.137. The molecule has 1 saturated heterocycles. The van der Waals surface area contributed by atoms with Gasteiger partial charge in [0.1, 0.15) is 23.4 Å². The predicted molar refractivity (Wildman–Crippen MR) is 125 cm³/mol. The molecule has 11 heteroatoms. The summed E-state index contributed by atoms with van der Waals surface area (Å²) in [7, 11) is 0. The average Bonchev–Trinajstić information content (AvgIpc) is 3.11. The highest BCUT2D eigenvalue weighted by atomic mass is 35.5. The summed E-state index contributed by atoms with van der Waals surface area (Å²) in [6, 6.07) is 9.80. The van der Waals surface area contributed by atoms with E-state index < -0.39 is 42.1 Å². The Bertz CT molecular complexity index is 1100. The molecule has 1 N–H and O–H groups in total. The third-order valence-corrected chi connectivity index (χ3v) is 6.61. The number of carboxylic acid groups (broad SMARTS) is 1. The van der Waals surface area contributed by atoms with Crippen LogP contribution in [0.2, 0.25) is 5.02 Å². The van der Waals surface area contributed by atoms with E-state index in [0.717, 1.165) is 10.7 Å². The third-order valence-electron chi connectivity index (χ3n) is 6.31. The molecule has 2 aliphatic heterocycles. The van der Waals surface area contributed by atoms with Crippen LogP contribution in [0.5, 0.6) is 5.75 Å². The number of alkyl halides is 3. The maximum Gasteiger partial charge on any atom is 0.431 e. The van der Waals surface area contributed by atoms with Crippen molar-refractivity contribution >= 4 is 34.7 Å². The fourth-order valence-electron chi connectivity index (χ4n) is 4.50. The summed E-state index contributed by atoms with van der Waals surface area (Å²) in [5, 5.41) is 14.4. The topological polar surface area (TPSA) is 65.4 Å². The Morgan fingerprint density at radius 3 is 2.40 bits per heavy atom. The Kier molecular flexibility index (Phi) is 7.12. The van der Waals surface area contributed by atoms with Crippen molar-refractivity contribution in [2.24, 2.45) is 11.0 Å². The number of rotatable bonds is 6. The Balaban J connectivity index is 1.41. The largest absolute Gasteiger partial charge is 0.490 e. The molecular formula is C24H24ClF4N3O3. The summed E-state index contributed by atoms with van der Waals surface area (Å²) in [6.07, 6.45) is -3.77. The molecule has 1 fully saturated rings. The van der Waals surface area contributed by atoms with Gasteiger partial charge in [-0.1, -0.05) is 18.5 Å². The monoisotopic (exact) mass is 513 g/mol. The van der Waals surface area contributed by atoms with Gasteiger partial charge in [0.15, 0.2) is 0 Å². The minimum Gasteiger partial charge on any atom is -0.490 e. The highest BCUT2D eigenvalue weighted by molar-refractivity contribution is 6.33. The molecule has 4 rings (SSSR count). The van der Waals surface area contributed by atoms with E-state index >= 15 is 0 Å². The van der Waals surface area contributed by atoms with Crippen LogP contribution in [0.15, 0.2) is 47.6 Å². The van der Waals surface area contributed by atoms with Crippen molar-refractivity contribution < 1.29 is 32.2 Å². The number of ether oxygens (including phenoxy) is 1. The van der Waals surface area contributed by atoms with E-state index in [2.05, 4.69) is 10.0 Å². The molecule has 188 valence electrons. The fraction of sp³-hybridized carbons (Fsp3) is 0.417. The van der Waals surface area contributed by atoms with E-state index in [-0.39, 0.29) is 6.10 Å². The zero-order valence-corrected chi connectivity index (χ0v) is 19.6. The first kappa shape index (κ1) is 25.1. The van der Waals surface area contributed by atoms with E-state index in [1.165, 1.54) is 19.1 Å². The minimum atomic E-state index is -4.64. The number of nitrogens with zero attached hydrogens (tertiary/aromatic N) is 3. The van der Waals surface area contributed by atoms with Gasteiger partial charge in [-0.05, 0) is 42.5 Å². The number of halogens is 5. The van der Waals surface area contributed by atoms with Gasteiger partial charge >= 0.3 is 12.1 Å². The first-order chi connectivity index (χ1) is 16.5. The van der Waals surface area contributed by atoms with Gasteiger partial charge < -0.3 is 14.7 Å². The van der Waals surface area contributed by atoms with Crippen molar-refractivity contribution in [3.63, 3.8) is 0 Å². The number of hydrogen-bond acceptors (Lipinski definition) is 5. The molecule has 0 unspecified atom stereocenters. The van der Waals surface area contributed by atoms with Gasteiger partial charge in [-0.3, -0.25) is 9.80 Å². The van der Waals surface area contributed by atoms with Crippen molar-refractivity contribution in [2.45, 2.75) is 44.5 Å². The second kappa shape index (κ2) is 9.93. The summed E-state index contributed by atoms with van der Waals surface area (Å²) in [5.74, 6) is -2.12. The normalized spacial score (nSPS) is 21.3. The van der Waals surface area contributed by atoms with Crippen LogP contribution in [0, 0.1) is 11.7 Å². The molecule has 0 amide bonds. The summed E-state index contributed by atoms with van der Waals surface area (Å²) < 4.78 is 59.4. The van der Waals surface area contributed by atoms with Crippen molar-refractivity contribution in [2.75, 3.05) is 23.0 Å². The quantitative estimate of drug-likeness (QED) is 0.499. The maximum atomic E-state index is 13.4. The summed E-state index contributed by atoms with van der Waals surface area (Å²) in [6.45, 7) is 2.68. The van der Waals surface area contributed by atoms with Crippen molar-refractivity contribution in [3.05, 3.63) is 53.3 Å². The molecule has 2 heterocycles. The standard InChI is InChI=1S/C24H24ClF4N3O3/c1-14-21(13-22(33)34)32(30-23(14)24(27,28)29)16-3-5-17(6-4-16)35-18-8-10-31(11-9-18)20-7-2-15(26)12-19(20)25/h2-7,12,14,18,21H,8-11,13H2,1H3,(H,33,34)/t14-,21-/m0/s1. The first-order valence-corrected chi connectivity index (χ1v) is 11.5. The number of piperidine rings is 1. The molecule has 2 aromatic rings. The molecule has 2 aromatic carbocycles. The molecule has 0 aliphatic carbocycles. The smallest absolute Gasteiger partial charge is 0.431 e. The van der Waals surface area contributed by atoms with Gasteiger partial charge in [0.25, 0.3) is 0 Å². The van der Waals surface area contributed by atoms with Gasteiger partial charge in [-0.2, -0.15) is 18.3 Å². The van der Waals surface area contributed by atoms with Crippen LogP contribution in [0.25, 0.3) is 0 Å². The van der Waals surface area contributed by atoms with E-state index in [1.807, 2.05) is 0 Å². The Labute approximate surface area is 204 Å². The van der Waals surface area contributed by atoms with Crippen LogP contribution in [0.1, 0.15) is 26.2 Å². The van der Waals surface area contributed by atoms with Gasteiger partial charge in [-0.25, -0.2) is 4.39 Å². The maximum absolute atomic E-state index is 13.4. The van der Waals surface area contributed by atoms with Gasteiger partial charge in [0, 0.05) is 31.8 Å². The Hall–Kier alpha value is -3.01. The lowest BCUT2D eigenvalue weighted by atomic mass is 9.94. The molecule has 0 bridgehead atoms. The second-order valence-electron chi connectivity index (χ2n) is 8.68. The van der Waals surface area contributed by atoms with Gasteiger partial charge in [0.05, 0.1) is 28.9 Å². The van der Waals surface area contributed by atoms with Crippen LogP contribution < -0.4 is 14.6 Å². The zero-order valence-electron chi connectivity index (χ0n) is 18.8. The van der Waals surface area contributed by atoms with Crippen LogP contribution in [0.3, 0.4) is 0 Å². The average molecular weight is 514 g/mol. The first-order valence-electron chi connectivity index (χ1n) is 11.2. The number of carboxylic acids is 1. The van der Waals surface area contributed by atoms with Gasteiger partial charge in [0.2, 0.25) is 0 Å². The number of hydrazone groups is 1. The van der Waals surface area contributed by atoms with Crippen LogP contribution >= 0.6 is 11.6 Å². The molecule has 35 heavy (non-hydrogen) atoms. The van der Waals surface area contributed by atoms with E-state index in [1.54, 1.807) is 30.3 Å². The van der Waals surface area contributed by atoms with Crippen LogP contribution in [0.4, 0.5) is 28.9 Å². The summed E-state index contributed by atoms with van der Waals surface area (Å²) in [4.78, 5) is 13.3. The molecule has 0 spiro atoms. The third kappa shape index (κ3) is 5.63. The van der Waals surface area contributed by atoms with Crippen molar-refractivity contribution in [1.82, 2.24) is 0 Å². The number of hydrogen-bond donors (Lipinski definition) is 1. The molecule has 0 saturated carbocycles. The number of anilines is 2. The Morgan fingerprint density at radius 2 is 1.83 bits per heavy atom. The highest BCUT2D eigenvalue weighted by Gasteiger charge is 2.48. The van der Waals surface area contributed by atoms with Crippen molar-refractivity contribution in [1.29, 1.82) is 0 Å². The number of benzene rings is 2. The second-order valence-corrected chi connectivity index (χ2v) is 9.08. The zero-order chi connectivity index (χ0) is 25.3. The lowest BCUT2D eigenvalue weighted by Gasteiger charge is -2.34. The molecular weight excluding hydrogens is 490 g/mol. The lowest BCUT2D eigenvalue weighted by molar-refractivity contribution is -0.137. The molecule has 2 aliphatic rings. The van der Waals surface area contributed by atoms with E-state index in [0.29, 0.717) is 42.4 Å². The molecule has 0 aromatic heterocycles. The lowest BCUT2D eigenvalue weighted by Crippen LogP contribution is -2.38. The minimum absolute atomic E-state index is 0.0715. The van der Waals surface area contributed by atoms with Gasteiger partial charge in [-0.15, -0.1) is 0 Å². The Morgan fingerprint density at radius 1 is 1.17 bits per heavy atom. The van der Waals surface area contributed by atoms with E-state index in [9.17, 15) is 27.5 Å². The predicted octanol–water partition coefficient (Wildman–Crippen LogP) is 5.74. The molecule has 0 radical (unpaired) electrons. The fourth-order valence-corrected chi connectivity index (χ4v) is 4.79.